The number of aromatic nitrogens is 2. The molecule has 2 fully saturated rings. The lowest BCUT2D eigenvalue weighted by atomic mass is 10.1. The van der Waals surface area contributed by atoms with Crippen LogP contribution in [0.3, 0.4) is 0 Å². The Hall–Kier alpha value is -2.45. The third kappa shape index (κ3) is 3.42. The average Bonchev–Trinajstić information content (AvgIpc) is 3.21. The second-order valence-corrected chi connectivity index (χ2v) is 6.57. The molecule has 1 N–H and O–H groups in total. The number of hydrogen-bond acceptors (Lipinski definition) is 5. The highest BCUT2D eigenvalue weighted by molar-refractivity contribution is 5.92. The number of carbonyl (C=O) groups is 1. The molecule has 2 atom stereocenters. The van der Waals surface area contributed by atoms with Gasteiger partial charge in [0.1, 0.15) is 5.69 Å². The van der Waals surface area contributed by atoms with Crippen molar-refractivity contribution in [3.8, 4) is 5.69 Å². The number of benzene rings is 1. The molecule has 4 rings (SSSR count). The van der Waals surface area contributed by atoms with E-state index in [9.17, 15) is 14.9 Å². The molecule has 0 radical (unpaired) electrons. The first-order chi connectivity index (χ1) is 12.1. The number of nitro benzene ring substituents is 1. The quantitative estimate of drug-likeness (QED) is 0.653. The number of rotatable bonds is 3. The molecule has 1 aromatic carbocycles. The molecular weight excluding hydrogens is 358 g/mol. The molecule has 8 nitrogen and oxygen atoms in total. The van der Waals surface area contributed by atoms with E-state index in [4.69, 9.17) is 0 Å². The van der Waals surface area contributed by atoms with E-state index in [0.29, 0.717) is 36.6 Å². The lowest BCUT2D eigenvalue weighted by Crippen LogP contribution is -2.39. The zero-order valence-electron chi connectivity index (χ0n) is 14.1. The van der Waals surface area contributed by atoms with Crippen LogP contribution in [0.4, 0.5) is 5.69 Å². The number of nitrogens with zero attached hydrogens (tertiary/aromatic N) is 4. The molecule has 138 valence electrons. The topological polar surface area (TPSA) is 93.3 Å². The second kappa shape index (κ2) is 7.43. The van der Waals surface area contributed by atoms with E-state index in [2.05, 4.69) is 10.4 Å². The molecule has 2 unspecified atom stereocenters. The van der Waals surface area contributed by atoms with E-state index >= 15 is 0 Å². The van der Waals surface area contributed by atoms with Crippen molar-refractivity contribution in [3.63, 3.8) is 0 Å². The van der Waals surface area contributed by atoms with E-state index in [1.807, 2.05) is 4.90 Å². The molecule has 3 heterocycles. The summed E-state index contributed by atoms with van der Waals surface area (Å²) in [5.74, 6) is -0.119. The number of likely N-dealkylation sites (tertiary alicyclic amines) is 1. The van der Waals surface area contributed by atoms with Crippen molar-refractivity contribution < 1.29 is 9.72 Å². The van der Waals surface area contributed by atoms with Gasteiger partial charge >= 0.3 is 0 Å². The van der Waals surface area contributed by atoms with E-state index in [1.54, 1.807) is 30.5 Å². The Balaban J connectivity index is 0.00000196. The fourth-order valence-corrected chi connectivity index (χ4v) is 3.67. The maximum atomic E-state index is 12.8. The molecule has 2 saturated heterocycles. The number of nitrogens with one attached hydrogen (secondary N) is 1. The average molecular weight is 378 g/mol. The molecule has 0 spiro atoms. The van der Waals surface area contributed by atoms with Crippen LogP contribution in [-0.4, -0.2) is 50.7 Å². The molecular formula is C17H20ClN5O3. The minimum atomic E-state index is -0.449. The van der Waals surface area contributed by atoms with Crippen molar-refractivity contribution in [3.05, 3.63) is 52.3 Å². The minimum absolute atomic E-state index is 0. The molecule has 0 saturated carbocycles. The van der Waals surface area contributed by atoms with Crippen LogP contribution in [0.2, 0.25) is 0 Å². The maximum Gasteiger partial charge on any atom is 0.294 e. The van der Waals surface area contributed by atoms with Gasteiger partial charge in [-0.15, -0.1) is 12.4 Å². The molecule has 0 aliphatic carbocycles. The highest BCUT2D eigenvalue weighted by atomic mass is 35.5. The highest BCUT2D eigenvalue weighted by Gasteiger charge is 2.32. The van der Waals surface area contributed by atoms with Crippen LogP contribution in [-0.2, 0) is 0 Å². The first-order valence-corrected chi connectivity index (χ1v) is 8.46. The highest BCUT2D eigenvalue weighted by Crippen LogP contribution is 2.23. The summed E-state index contributed by atoms with van der Waals surface area (Å²) < 4.78 is 1.40. The molecule has 2 aliphatic rings. The predicted molar refractivity (Wildman–Crippen MR) is 97.9 cm³/mol. The molecule has 1 amide bonds. The Morgan fingerprint density at radius 3 is 2.77 bits per heavy atom. The fraction of sp³-hybridized carbons (Fsp3) is 0.412. The summed E-state index contributed by atoms with van der Waals surface area (Å²) in [6, 6.07) is 8.85. The van der Waals surface area contributed by atoms with E-state index in [0.717, 1.165) is 12.8 Å². The van der Waals surface area contributed by atoms with Crippen LogP contribution in [0.25, 0.3) is 5.69 Å². The summed E-state index contributed by atoms with van der Waals surface area (Å²) in [4.78, 5) is 25.3. The Labute approximate surface area is 156 Å². The lowest BCUT2D eigenvalue weighted by Gasteiger charge is -2.23. The summed E-state index contributed by atoms with van der Waals surface area (Å²) in [7, 11) is 0. The summed E-state index contributed by atoms with van der Waals surface area (Å²) >= 11 is 0. The predicted octanol–water partition coefficient (Wildman–Crippen LogP) is 2.17. The molecule has 2 aromatic rings. The van der Waals surface area contributed by atoms with Gasteiger partial charge in [-0.1, -0.05) is 12.1 Å². The Kier molecular flexibility index (Phi) is 5.24. The van der Waals surface area contributed by atoms with E-state index in [-0.39, 0.29) is 24.0 Å². The van der Waals surface area contributed by atoms with Crippen LogP contribution in [0.15, 0.2) is 36.5 Å². The number of para-hydroxylation sites is 2. The first kappa shape index (κ1) is 18.3. The monoisotopic (exact) mass is 377 g/mol. The normalized spacial score (nSPS) is 21.8. The standard InChI is InChI=1S/C17H19N5O3.ClH/c23-17(20-9-7-12-5-6-13(11-20)18-12)14-8-10-21(19-14)15-3-1-2-4-16(15)22(24)25;/h1-4,8,10,12-13,18H,5-7,9,11H2;1H. The van der Waals surface area contributed by atoms with Crippen molar-refractivity contribution in [1.82, 2.24) is 20.0 Å². The number of halogens is 1. The van der Waals surface area contributed by atoms with Crippen LogP contribution >= 0.6 is 12.4 Å². The number of fused-ring (bicyclic) bond motifs is 2. The summed E-state index contributed by atoms with van der Waals surface area (Å²) in [5, 5.41) is 19.0. The SMILES string of the molecule is Cl.O=C(c1ccn(-c2ccccc2[N+](=O)[O-])n1)N1CCC2CCC(C1)N2. The summed E-state index contributed by atoms with van der Waals surface area (Å²) in [6.45, 7) is 1.40. The van der Waals surface area contributed by atoms with Crippen molar-refractivity contribution in [2.24, 2.45) is 0 Å². The van der Waals surface area contributed by atoms with Crippen molar-refractivity contribution in [2.75, 3.05) is 13.1 Å². The van der Waals surface area contributed by atoms with Gasteiger partial charge < -0.3 is 10.2 Å². The van der Waals surface area contributed by atoms with Crippen molar-refractivity contribution in [2.45, 2.75) is 31.3 Å². The van der Waals surface area contributed by atoms with Crippen molar-refractivity contribution >= 4 is 24.0 Å². The molecule has 26 heavy (non-hydrogen) atoms. The van der Waals surface area contributed by atoms with Gasteiger partial charge in [0.05, 0.1) is 4.92 Å². The van der Waals surface area contributed by atoms with Crippen molar-refractivity contribution in [1.29, 1.82) is 0 Å². The van der Waals surface area contributed by atoms with Gasteiger partial charge in [0.2, 0.25) is 0 Å². The number of nitro groups is 1. The van der Waals surface area contributed by atoms with Gasteiger partial charge in [0.15, 0.2) is 5.69 Å². The lowest BCUT2D eigenvalue weighted by molar-refractivity contribution is -0.384. The summed E-state index contributed by atoms with van der Waals surface area (Å²) in [5.41, 5.74) is 0.625. The van der Waals surface area contributed by atoms with E-state index in [1.165, 1.54) is 17.2 Å². The first-order valence-electron chi connectivity index (χ1n) is 8.46. The third-order valence-electron chi connectivity index (χ3n) is 4.94. The van der Waals surface area contributed by atoms with Crippen LogP contribution in [0.5, 0.6) is 0 Å². The zero-order valence-corrected chi connectivity index (χ0v) is 14.9. The van der Waals surface area contributed by atoms with Gasteiger partial charge in [-0.05, 0) is 31.4 Å². The molecule has 9 heteroatoms. The molecule has 2 aliphatic heterocycles. The Morgan fingerprint density at radius 1 is 1.19 bits per heavy atom. The van der Waals surface area contributed by atoms with Gasteiger partial charge in [-0.25, -0.2) is 4.68 Å². The summed E-state index contributed by atoms with van der Waals surface area (Å²) in [6.07, 6.45) is 4.82. The zero-order chi connectivity index (χ0) is 17.4. The largest absolute Gasteiger partial charge is 0.336 e. The fourth-order valence-electron chi connectivity index (χ4n) is 3.67. The second-order valence-electron chi connectivity index (χ2n) is 6.57. The van der Waals surface area contributed by atoms with E-state index < -0.39 is 4.92 Å². The molecule has 1 aromatic heterocycles. The van der Waals surface area contributed by atoms with Gasteiger partial charge in [-0.2, -0.15) is 5.10 Å². The van der Waals surface area contributed by atoms with Gasteiger partial charge in [0, 0.05) is 37.4 Å². The van der Waals surface area contributed by atoms with Crippen LogP contribution in [0.1, 0.15) is 29.8 Å². The number of hydrogen-bond donors (Lipinski definition) is 1. The number of carbonyl (C=O) groups excluding carboxylic acids is 1. The maximum absolute atomic E-state index is 12.8. The molecule has 2 bridgehead atoms. The Bertz CT molecular complexity index is 824. The Morgan fingerprint density at radius 2 is 1.96 bits per heavy atom. The van der Waals surface area contributed by atoms with Gasteiger partial charge in [-0.3, -0.25) is 14.9 Å². The third-order valence-corrected chi connectivity index (χ3v) is 4.94. The number of amides is 1. The van der Waals surface area contributed by atoms with Crippen LogP contribution in [0, 0.1) is 10.1 Å². The minimum Gasteiger partial charge on any atom is -0.336 e. The smallest absolute Gasteiger partial charge is 0.294 e. The van der Waals surface area contributed by atoms with Crippen LogP contribution < -0.4 is 5.32 Å². The van der Waals surface area contributed by atoms with Gasteiger partial charge in [0.25, 0.3) is 11.6 Å².